The van der Waals surface area contributed by atoms with Crippen LogP contribution in [0.15, 0.2) is 54.7 Å². The summed E-state index contributed by atoms with van der Waals surface area (Å²) in [6.07, 6.45) is 1.67. The predicted octanol–water partition coefficient (Wildman–Crippen LogP) is 2.85. The minimum Gasteiger partial charge on any atom is -0.394 e. The number of nitro groups is 1. The van der Waals surface area contributed by atoms with E-state index in [0.29, 0.717) is 28.7 Å². The van der Waals surface area contributed by atoms with Gasteiger partial charge in [0.2, 0.25) is 5.95 Å². The van der Waals surface area contributed by atoms with Gasteiger partial charge in [0, 0.05) is 36.5 Å². The van der Waals surface area contributed by atoms with Crippen molar-refractivity contribution < 1.29 is 10.0 Å². The molecule has 0 aliphatic carbocycles. The number of hydrogen-bond acceptors (Lipinski definition) is 8. The van der Waals surface area contributed by atoms with Crippen molar-refractivity contribution in [2.75, 3.05) is 17.2 Å². The fourth-order valence-corrected chi connectivity index (χ4v) is 2.54. The number of anilines is 2. The van der Waals surface area contributed by atoms with Gasteiger partial charge in [0.05, 0.1) is 22.9 Å². The van der Waals surface area contributed by atoms with Gasteiger partial charge in [-0.2, -0.15) is 4.98 Å². The van der Waals surface area contributed by atoms with Gasteiger partial charge < -0.3 is 15.7 Å². The molecule has 0 saturated heterocycles. The second-order valence-electron chi connectivity index (χ2n) is 6.14. The highest BCUT2D eigenvalue weighted by Gasteiger charge is 2.14. The van der Waals surface area contributed by atoms with E-state index in [0.717, 1.165) is 0 Å². The van der Waals surface area contributed by atoms with Crippen LogP contribution in [0.2, 0.25) is 0 Å². The minimum absolute atomic E-state index is 0.0428. The zero-order valence-electron chi connectivity index (χ0n) is 15.2. The van der Waals surface area contributed by atoms with Crippen molar-refractivity contribution in [1.82, 2.24) is 15.0 Å². The molecule has 1 aromatic carbocycles. The van der Waals surface area contributed by atoms with Gasteiger partial charge in [-0.15, -0.1) is 0 Å². The monoisotopic (exact) mass is 380 g/mol. The number of hydrogen-bond donors (Lipinski definition) is 3. The van der Waals surface area contributed by atoms with Gasteiger partial charge in [0.1, 0.15) is 5.82 Å². The van der Waals surface area contributed by atoms with Crippen LogP contribution in [0.3, 0.4) is 0 Å². The molecule has 0 spiro atoms. The number of benzene rings is 1. The Hall–Kier alpha value is -3.59. The Morgan fingerprint density at radius 3 is 2.64 bits per heavy atom. The Morgan fingerprint density at radius 2 is 1.93 bits per heavy atom. The van der Waals surface area contributed by atoms with E-state index in [1.807, 2.05) is 18.2 Å². The van der Waals surface area contributed by atoms with Crippen LogP contribution in [0.25, 0.3) is 11.4 Å². The lowest BCUT2D eigenvalue weighted by atomic mass is 10.2. The zero-order chi connectivity index (χ0) is 19.9. The normalized spacial score (nSPS) is 11.6. The Balaban J connectivity index is 1.89. The molecule has 0 radical (unpaired) electrons. The van der Waals surface area contributed by atoms with E-state index in [1.165, 1.54) is 6.07 Å². The van der Waals surface area contributed by atoms with E-state index in [2.05, 4.69) is 25.6 Å². The zero-order valence-corrected chi connectivity index (χ0v) is 15.2. The first-order valence-corrected chi connectivity index (χ1v) is 8.71. The first-order chi connectivity index (χ1) is 13.6. The average molecular weight is 380 g/mol. The van der Waals surface area contributed by atoms with Crippen LogP contribution in [0.4, 0.5) is 17.5 Å². The Morgan fingerprint density at radius 1 is 1.14 bits per heavy atom. The fraction of sp³-hybridized carbons (Fsp3) is 0.211. The summed E-state index contributed by atoms with van der Waals surface area (Å²) in [5.74, 6) is 0.816. The minimum atomic E-state index is -0.410. The first kappa shape index (κ1) is 19.2. The topological polar surface area (TPSA) is 126 Å². The first-order valence-electron chi connectivity index (χ1n) is 8.71. The number of nitrogens with zero attached hydrogens (tertiary/aromatic N) is 4. The van der Waals surface area contributed by atoms with Crippen molar-refractivity contribution in [3.8, 4) is 11.4 Å². The summed E-state index contributed by atoms with van der Waals surface area (Å²) in [5, 5.41) is 26.6. The lowest BCUT2D eigenvalue weighted by Gasteiger charge is -2.14. The van der Waals surface area contributed by atoms with E-state index >= 15 is 0 Å². The lowest BCUT2D eigenvalue weighted by molar-refractivity contribution is -0.385. The SMILES string of the molecule is C[C@H](CO)Nc1nc(NCc2ccccc2[N+](=O)[O-])cc(-c2ccccn2)n1. The molecule has 9 nitrogen and oxygen atoms in total. The third-order valence-corrected chi connectivity index (χ3v) is 3.95. The standard InChI is InChI=1S/C19H20N6O3/c1-13(12-26)22-19-23-16(15-7-4-5-9-20-15)10-18(24-19)21-11-14-6-2-3-8-17(14)25(27)28/h2-10,13,26H,11-12H2,1H3,(H2,21,22,23,24)/t13-/m1/s1. The van der Waals surface area contributed by atoms with Gasteiger partial charge >= 0.3 is 0 Å². The van der Waals surface area contributed by atoms with E-state index in [1.54, 1.807) is 37.4 Å². The smallest absolute Gasteiger partial charge is 0.274 e. The maximum absolute atomic E-state index is 11.2. The van der Waals surface area contributed by atoms with Crippen LogP contribution in [0.5, 0.6) is 0 Å². The van der Waals surface area contributed by atoms with Crippen LogP contribution < -0.4 is 10.6 Å². The molecule has 3 rings (SSSR count). The second-order valence-corrected chi connectivity index (χ2v) is 6.14. The highest BCUT2D eigenvalue weighted by atomic mass is 16.6. The largest absolute Gasteiger partial charge is 0.394 e. The molecular weight excluding hydrogens is 360 g/mol. The third kappa shape index (κ3) is 4.77. The molecule has 0 aliphatic heterocycles. The van der Waals surface area contributed by atoms with Gasteiger partial charge in [0.15, 0.2) is 0 Å². The van der Waals surface area contributed by atoms with Crippen LogP contribution in [-0.2, 0) is 6.54 Å². The number of aliphatic hydroxyl groups excluding tert-OH is 1. The van der Waals surface area contributed by atoms with E-state index < -0.39 is 4.92 Å². The summed E-state index contributed by atoms with van der Waals surface area (Å²) in [4.78, 5) is 23.9. The molecule has 0 aliphatic rings. The molecule has 0 bridgehead atoms. The Bertz CT molecular complexity index is 951. The maximum Gasteiger partial charge on any atom is 0.274 e. The summed E-state index contributed by atoms with van der Waals surface area (Å²) in [7, 11) is 0. The number of pyridine rings is 1. The van der Waals surface area contributed by atoms with Crippen molar-refractivity contribution in [1.29, 1.82) is 0 Å². The molecule has 0 fully saturated rings. The van der Waals surface area contributed by atoms with Gasteiger partial charge in [0.25, 0.3) is 5.69 Å². The molecule has 3 aromatic rings. The van der Waals surface area contributed by atoms with E-state index in [-0.39, 0.29) is 24.9 Å². The second kappa shape index (κ2) is 8.87. The summed E-state index contributed by atoms with van der Waals surface area (Å²) in [5.41, 5.74) is 1.84. The molecule has 9 heteroatoms. The van der Waals surface area contributed by atoms with Gasteiger partial charge in [-0.25, -0.2) is 4.98 Å². The molecule has 3 N–H and O–H groups in total. The molecule has 2 aromatic heterocycles. The maximum atomic E-state index is 11.2. The highest BCUT2D eigenvalue weighted by Crippen LogP contribution is 2.22. The molecule has 0 saturated carbocycles. The van der Waals surface area contributed by atoms with Crippen LogP contribution in [-0.4, -0.2) is 37.6 Å². The van der Waals surface area contributed by atoms with Gasteiger partial charge in [-0.3, -0.25) is 15.1 Å². The Labute approximate surface area is 161 Å². The molecular formula is C19H20N6O3. The van der Waals surface area contributed by atoms with Crippen molar-refractivity contribution >= 4 is 17.5 Å². The van der Waals surface area contributed by atoms with Crippen LogP contribution in [0, 0.1) is 10.1 Å². The molecule has 144 valence electrons. The molecule has 0 unspecified atom stereocenters. The van der Waals surface area contributed by atoms with E-state index in [9.17, 15) is 15.2 Å². The fourth-order valence-electron chi connectivity index (χ4n) is 2.54. The molecule has 2 heterocycles. The van der Waals surface area contributed by atoms with Crippen LogP contribution >= 0.6 is 0 Å². The van der Waals surface area contributed by atoms with Crippen molar-refractivity contribution in [3.05, 3.63) is 70.4 Å². The number of nitro benzene ring substituents is 1. The third-order valence-electron chi connectivity index (χ3n) is 3.95. The molecule has 28 heavy (non-hydrogen) atoms. The quantitative estimate of drug-likeness (QED) is 0.402. The number of para-hydroxylation sites is 1. The van der Waals surface area contributed by atoms with Crippen molar-refractivity contribution in [2.24, 2.45) is 0 Å². The number of aromatic nitrogens is 3. The highest BCUT2D eigenvalue weighted by molar-refractivity contribution is 5.61. The number of rotatable bonds is 8. The summed E-state index contributed by atoms with van der Waals surface area (Å²) < 4.78 is 0. The summed E-state index contributed by atoms with van der Waals surface area (Å²) in [6, 6.07) is 13.5. The molecule has 0 amide bonds. The van der Waals surface area contributed by atoms with Crippen molar-refractivity contribution in [2.45, 2.75) is 19.5 Å². The Kier molecular flexibility index (Phi) is 6.07. The van der Waals surface area contributed by atoms with Crippen LogP contribution in [0.1, 0.15) is 12.5 Å². The van der Waals surface area contributed by atoms with E-state index in [4.69, 9.17) is 0 Å². The number of aliphatic hydroxyl groups is 1. The number of nitrogens with one attached hydrogen (secondary N) is 2. The lowest BCUT2D eigenvalue weighted by Crippen LogP contribution is -2.21. The summed E-state index contributed by atoms with van der Waals surface area (Å²) >= 11 is 0. The average Bonchev–Trinajstić information content (AvgIpc) is 2.72. The van der Waals surface area contributed by atoms with Gasteiger partial charge in [-0.1, -0.05) is 24.3 Å². The predicted molar refractivity (Wildman–Crippen MR) is 106 cm³/mol. The summed E-state index contributed by atoms with van der Waals surface area (Å²) in [6.45, 7) is 1.96. The van der Waals surface area contributed by atoms with Gasteiger partial charge in [-0.05, 0) is 19.1 Å². The van der Waals surface area contributed by atoms with Crippen molar-refractivity contribution in [3.63, 3.8) is 0 Å². The molecule has 1 atom stereocenters.